The zero-order chi connectivity index (χ0) is 18.8. The molecule has 1 aliphatic heterocycles. The Morgan fingerprint density at radius 3 is 2.50 bits per heavy atom. The van der Waals surface area contributed by atoms with Crippen LogP contribution in [0.4, 0.5) is 19.0 Å². The standard InChI is InChI=1S/C17H20F3N5S/c1-16(11-21)3-6-25(7-4-16)14-9-24-15(10-23-14)26-13-2-5-22-8-12(13)17(18,19)20/h2,5,8-10H,3-4,6-7,11,21H2,1H3. The molecule has 5 nitrogen and oxygen atoms in total. The predicted molar refractivity (Wildman–Crippen MR) is 94.0 cm³/mol. The number of alkyl halides is 3. The van der Waals surface area contributed by atoms with Crippen LogP contribution in [0.15, 0.2) is 40.8 Å². The van der Waals surface area contributed by atoms with E-state index in [1.165, 1.54) is 18.5 Å². The van der Waals surface area contributed by atoms with Gasteiger partial charge in [0.1, 0.15) is 10.8 Å². The fourth-order valence-electron chi connectivity index (χ4n) is 2.80. The number of hydrogen-bond donors (Lipinski definition) is 1. The first-order chi connectivity index (χ1) is 12.3. The van der Waals surface area contributed by atoms with E-state index in [0.29, 0.717) is 11.6 Å². The summed E-state index contributed by atoms with van der Waals surface area (Å²) in [4.78, 5) is 14.4. The molecule has 2 aromatic heterocycles. The van der Waals surface area contributed by atoms with Gasteiger partial charge in [0, 0.05) is 30.4 Å². The maximum Gasteiger partial charge on any atom is 0.418 e. The SMILES string of the molecule is CC1(CN)CCN(c2cnc(Sc3ccncc3C(F)(F)F)cn2)CC1. The van der Waals surface area contributed by atoms with Crippen molar-refractivity contribution in [1.82, 2.24) is 15.0 Å². The number of anilines is 1. The van der Waals surface area contributed by atoms with Crippen molar-refractivity contribution in [1.29, 1.82) is 0 Å². The largest absolute Gasteiger partial charge is 0.418 e. The lowest BCUT2D eigenvalue weighted by molar-refractivity contribution is -0.140. The van der Waals surface area contributed by atoms with Crippen molar-refractivity contribution in [3.8, 4) is 0 Å². The number of rotatable bonds is 4. The van der Waals surface area contributed by atoms with Crippen LogP contribution in [0.2, 0.25) is 0 Å². The second-order valence-electron chi connectivity index (χ2n) is 6.69. The number of aromatic nitrogens is 3. The molecule has 0 aliphatic carbocycles. The van der Waals surface area contributed by atoms with Gasteiger partial charge in [-0.05, 0) is 30.9 Å². The van der Waals surface area contributed by atoms with Crippen molar-refractivity contribution in [2.45, 2.75) is 35.9 Å². The zero-order valence-electron chi connectivity index (χ0n) is 14.3. The van der Waals surface area contributed by atoms with Crippen LogP contribution in [0, 0.1) is 5.41 Å². The van der Waals surface area contributed by atoms with Crippen LogP contribution in [0.3, 0.4) is 0 Å². The summed E-state index contributed by atoms with van der Waals surface area (Å²) in [6.07, 6.45) is 2.79. The third-order valence-corrected chi connectivity index (χ3v) is 5.70. The first-order valence-corrected chi connectivity index (χ1v) is 9.08. The van der Waals surface area contributed by atoms with Gasteiger partial charge in [0.15, 0.2) is 0 Å². The number of hydrogen-bond acceptors (Lipinski definition) is 6. The van der Waals surface area contributed by atoms with E-state index in [9.17, 15) is 13.2 Å². The average molecular weight is 383 g/mol. The summed E-state index contributed by atoms with van der Waals surface area (Å²) in [6, 6.07) is 1.33. The summed E-state index contributed by atoms with van der Waals surface area (Å²) in [5.74, 6) is 0.735. The van der Waals surface area contributed by atoms with E-state index in [-0.39, 0.29) is 10.3 Å². The van der Waals surface area contributed by atoms with Gasteiger partial charge in [0.05, 0.1) is 18.0 Å². The Kier molecular flexibility index (Phi) is 5.38. The summed E-state index contributed by atoms with van der Waals surface area (Å²) >= 11 is 0.931. The zero-order valence-corrected chi connectivity index (χ0v) is 15.1. The van der Waals surface area contributed by atoms with Crippen LogP contribution in [0.1, 0.15) is 25.3 Å². The van der Waals surface area contributed by atoms with E-state index < -0.39 is 11.7 Å². The van der Waals surface area contributed by atoms with Crippen molar-refractivity contribution in [2.24, 2.45) is 11.1 Å². The molecule has 3 rings (SSSR count). The molecule has 1 aliphatic rings. The Hall–Kier alpha value is -1.87. The van der Waals surface area contributed by atoms with Crippen LogP contribution in [-0.2, 0) is 6.18 Å². The first-order valence-electron chi connectivity index (χ1n) is 8.27. The van der Waals surface area contributed by atoms with Gasteiger partial charge < -0.3 is 10.6 Å². The molecule has 1 fully saturated rings. The molecule has 9 heteroatoms. The van der Waals surface area contributed by atoms with Crippen molar-refractivity contribution >= 4 is 17.6 Å². The van der Waals surface area contributed by atoms with E-state index in [1.807, 2.05) is 0 Å². The van der Waals surface area contributed by atoms with E-state index in [1.54, 1.807) is 6.20 Å². The Balaban J connectivity index is 1.70. The molecule has 1 saturated heterocycles. The molecular weight excluding hydrogens is 363 g/mol. The summed E-state index contributed by atoms with van der Waals surface area (Å²) in [5.41, 5.74) is 5.22. The van der Waals surface area contributed by atoms with Crippen molar-refractivity contribution in [2.75, 3.05) is 24.5 Å². The first kappa shape index (κ1) is 18.9. The van der Waals surface area contributed by atoms with Crippen LogP contribution in [0.5, 0.6) is 0 Å². The molecule has 2 aromatic rings. The smallest absolute Gasteiger partial charge is 0.355 e. The number of nitrogens with zero attached hydrogens (tertiary/aromatic N) is 4. The molecule has 140 valence electrons. The fourth-order valence-corrected chi connectivity index (χ4v) is 3.64. The highest BCUT2D eigenvalue weighted by Gasteiger charge is 2.34. The fraction of sp³-hybridized carbons (Fsp3) is 0.471. The average Bonchev–Trinajstić information content (AvgIpc) is 2.63. The second kappa shape index (κ2) is 7.40. The molecule has 0 bridgehead atoms. The molecular formula is C17H20F3N5S. The van der Waals surface area contributed by atoms with E-state index >= 15 is 0 Å². The molecule has 0 unspecified atom stereocenters. The Morgan fingerprint density at radius 1 is 1.19 bits per heavy atom. The summed E-state index contributed by atoms with van der Waals surface area (Å²) < 4.78 is 39.1. The molecule has 0 aromatic carbocycles. The number of pyridine rings is 1. The normalized spacial score (nSPS) is 17.3. The predicted octanol–water partition coefficient (Wildman–Crippen LogP) is 3.61. The molecule has 0 amide bonds. The molecule has 2 N–H and O–H groups in total. The maximum atomic E-state index is 13.0. The monoisotopic (exact) mass is 383 g/mol. The van der Waals surface area contributed by atoms with E-state index in [4.69, 9.17) is 5.73 Å². The molecule has 0 saturated carbocycles. The van der Waals surface area contributed by atoms with Crippen molar-refractivity contribution in [3.05, 3.63) is 36.4 Å². The van der Waals surface area contributed by atoms with E-state index in [2.05, 4.69) is 26.8 Å². The van der Waals surface area contributed by atoms with E-state index in [0.717, 1.165) is 49.7 Å². The molecule has 0 radical (unpaired) electrons. The third-order valence-electron chi connectivity index (χ3n) is 4.70. The minimum atomic E-state index is -4.45. The van der Waals surface area contributed by atoms with Gasteiger partial charge in [-0.25, -0.2) is 9.97 Å². The van der Waals surface area contributed by atoms with Crippen molar-refractivity contribution < 1.29 is 13.2 Å². The van der Waals surface area contributed by atoms with Crippen LogP contribution in [0.25, 0.3) is 0 Å². The number of piperidine rings is 1. The maximum absolute atomic E-state index is 13.0. The Bertz CT molecular complexity index is 743. The van der Waals surface area contributed by atoms with Crippen LogP contribution in [-0.4, -0.2) is 34.6 Å². The highest BCUT2D eigenvalue weighted by molar-refractivity contribution is 7.99. The highest BCUT2D eigenvalue weighted by Crippen LogP contribution is 2.38. The minimum absolute atomic E-state index is 0.0613. The van der Waals surface area contributed by atoms with Gasteiger partial charge in [-0.1, -0.05) is 18.7 Å². The topological polar surface area (TPSA) is 67.9 Å². The van der Waals surface area contributed by atoms with Gasteiger partial charge in [0.25, 0.3) is 0 Å². The van der Waals surface area contributed by atoms with Crippen LogP contribution < -0.4 is 10.6 Å². The van der Waals surface area contributed by atoms with Crippen LogP contribution >= 0.6 is 11.8 Å². The third kappa shape index (κ3) is 4.27. The summed E-state index contributed by atoms with van der Waals surface area (Å²) in [5, 5.41) is 0.411. The molecule has 0 spiro atoms. The second-order valence-corrected chi connectivity index (χ2v) is 7.75. The quantitative estimate of drug-likeness (QED) is 0.870. The Morgan fingerprint density at radius 2 is 1.92 bits per heavy atom. The number of nitrogens with two attached hydrogens (primary N) is 1. The lowest BCUT2D eigenvalue weighted by Gasteiger charge is -2.39. The van der Waals surface area contributed by atoms with Gasteiger partial charge in [-0.2, -0.15) is 13.2 Å². The number of halogens is 3. The minimum Gasteiger partial charge on any atom is -0.355 e. The van der Waals surface area contributed by atoms with Crippen molar-refractivity contribution in [3.63, 3.8) is 0 Å². The molecule has 26 heavy (non-hydrogen) atoms. The van der Waals surface area contributed by atoms with Gasteiger partial charge in [-0.15, -0.1) is 0 Å². The lowest BCUT2D eigenvalue weighted by Crippen LogP contribution is -2.42. The summed E-state index contributed by atoms with van der Waals surface area (Å²) in [6.45, 7) is 4.53. The molecule has 0 atom stereocenters. The lowest BCUT2D eigenvalue weighted by atomic mass is 9.80. The summed E-state index contributed by atoms with van der Waals surface area (Å²) in [7, 11) is 0. The molecule has 3 heterocycles. The van der Waals surface area contributed by atoms with Gasteiger partial charge in [-0.3, -0.25) is 4.98 Å². The Labute approximate surface area is 154 Å². The highest BCUT2D eigenvalue weighted by atomic mass is 32.2. The van der Waals surface area contributed by atoms with Gasteiger partial charge >= 0.3 is 6.18 Å². The van der Waals surface area contributed by atoms with Gasteiger partial charge in [0.2, 0.25) is 0 Å².